The van der Waals surface area contributed by atoms with E-state index in [-0.39, 0.29) is 29.5 Å². The second kappa shape index (κ2) is 10.8. The molecule has 10 heteroatoms. The van der Waals surface area contributed by atoms with E-state index in [9.17, 15) is 14.9 Å². The molecule has 1 aromatic heterocycles. The molecule has 0 spiro atoms. The number of carbonyl (C=O) groups excluding carboxylic acids is 1. The first-order valence-electron chi connectivity index (χ1n) is 10.7. The zero-order valence-electron chi connectivity index (χ0n) is 19.3. The van der Waals surface area contributed by atoms with Crippen LogP contribution in [0.1, 0.15) is 21.9 Å². The zero-order valence-corrected chi connectivity index (χ0v) is 20.1. The number of halogens is 1. The number of amides is 1. The predicted molar refractivity (Wildman–Crippen MR) is 133 cm³/mol. The van der Waals surface area contributed by atoms with Gasteiger partial charge >= 0.3 is 0 Å². The van der Waals surface area contributed by atoms with Crippen molar-refractivity contribution in [3.05, 3.63) is 105 Å². The third-order valence-corrected chi connectivity index (χ3v) is 5.29. The average molecular weight is 509 g/mol. The van der Waals surface area contributed by atoms with Crippen LogP contribution < -0.4 is 19.5 Å². The molecule has 3 aromatic carbocycles. The van der Waals surface area contributed by atoms with Gasteiger partial charge in [0.15, 0.2) is 5.76 Å². The van der Waals surface area contributed by atoms with Crippen LogP contribution in [0, 0.1) is 17.0 Å². The highest BCUT2D eigenvalue weighted by Gasteiger charge is 2.17. The van der Waals surface area contributed by atoms with Crippen molar-refractivity contribution in [1.82, 2.24) is 0 Å². The third kappa shape index (κ3) is 6.13. The fourth-order valence-corrected chi connectivity index (χ4v) is 3.50. The van der Waals surface area contributed by atoms with Crippen molar-refractivity contribution >= 4 is 28.9 Å². The Morgan fingerprint density at radius 1 is 1.00 bits per heavy atom. The molecule has 0 radical (unpaired) electrons. The third-order valence-electron chi connectivity index (χ3n) is 5.05. The number of nitro benzene ring substituents is 1. The molecule has 4 aromatic rings. The summed E-state index contributed by atoms with van der Waals surface area (Å²) < 4.78 is 22.2. The summed E-state index contributed by atoms with van der Waals surface area (Å²) in [6, 6.07) is 19.2. The molecular formula is C26H21ClN2O7. The quantitative estimate of drug-likeness (QED) is 0.196. The van der Waals surface area contributed by atoms with Crippen LogP contribution in [0.4, 0.5) is 11.4 Å². The highest BCUT2D eigenvalue weighted by molar-refractivity contribution is 6.30. The van der Waals surface area contributed by atoms with Gasteiger partial charge in [-0.05, 0) is 67.1 Å². The monoisotopic (exact) mass is 508 g/mol. The van der Waals surface area contributed by atoms with E-state index in [2.05, 4.69) is 5.32 Å². The summed E-state index contributed by atoms with van der Waals surface area (Å²) >= 11 is 5.98. The number of hydrogen-bond acceptors (Lipinski definition) is 7. The van der Waals surface area contributed by atoms with Crippen molar-refractivity contribution in [2.75, 3.05) is 12.4 Å². The minimum atomic E-state index is -0.584. The fraction of sp³-hybridized carbons (Fsp3) is 0.115. The van der Waals surface area contributed by atoms with Crippen molar-refractivity contribution in [2.45, 2.75) is 13.5 Å². The highest BCUT2D eigenvalue weighted by Crippen LogP contribution is 2.32. The number of rotatable bonds is 9. The van der Waals surface area contributed by atoms with Crippen molar-refractivity contribution < 1.29 is 28.3 Å². The Hall–Kier alpha value is -4.50. The number of nitro groups is 1. The Bertz CT molecular complexity index is 1400. The zero-order chi connectivity index (χ0) is 25.7. The number of hydrogen-bond donors (Lipinski definition) is 1. The number of benzene rings is 3. The standard InChI is InChI=1S/C26H21ClN2O7/c1-16-11-17(27)3-9-24(16)36-23-13-18(12-19(14-23)29(31)32)28-26(30)25-10-8-22(35-25)15-34-21-6-4-20(33-2)5-7-21/h3-14H,15H2,1-2H3,(H,28,30). The fourth-order valence-electron chi connectivity index (χ4n) is 3.27. The van der Waals surface area contributed by atoms with Crippen LogP contribution in [0.2, 0.25) is 5.02 Å². The van der Waals surface area contributed by atoms with Crippen molar-refractivity contribution in [3.63, 3.8) is 0 Å². The lowest BCUT2D eigenvalue weighted by molar-refractivity contribution is -0.384. The number of methoxy groups -OCH3 is 1. The van der Waals surface area contributed by atoms with E-state index in [1.807, 2.05) is 0 Å². The van der Waals surface area contributed by atoms with Gasteiger partial charge in [-0.3, -0.25) is 14.9 Å². The van der Waals surface area contributed by atoms with Crippen LogP contribution in [-0.2, 0) is 6.61 Å². The van der Waals surface area contributed by atoms with Crippen molar-refractivity contribution in [1.29, 1.82) is 0 Å². The molecule has 0 aliphatic carbocycles. The molecule has 0 bridgehead atoms. The summed E-state index contributed by atoms with van der Waals surface area (Å²) in [4.78, 5) is 23.6. The van der Waals surface area contributed by atoms with Gasteiger partial charge in [-0.1, -0.05) is 11.6 Å². The smallest absolute Gasteiger partial charge is 0.291 e. The lowest BCUT2D eigenvalue weighted by Crippen LogP contribution is -2.11. The second-order valence-corrected chi connectivity index (χ2v) is 8.11. The number of carbonyl (C=O) groups is 1. The van der Waals surface area contributed by atoms with Crippen LogP contribution in [0.5, 0.6) is 23.0 Å². The highest BCUT2D eigenvalue weighted by atomic mass is 35.5. The molecule has 1 N–H and O–H groups in total. The maximum Gasteiger partial charge on any atom is 0.291 e. The van der Waals surface area contributed by atoms with Crippen molar-refractivity contribution in [3.8, 4) is 23.0 Å². The maximum atomic E-state index is 12.7. The predicted octanol–water partition coefficient (Wildman–Crippen LogP) is 6.78. The van der Waals surface area contributed by atoms with E-state index in [0.717, 1.165) is 5.56 Å². The maximum absolute atomic E-state index is 12.7. The van der Waals surface area contributed by atoms with Gasteiger partial charge in [0.2, 0.25) is 0 Å². The van der Waals surface area contributed by atoms with E-state index in [0.29, 0.717) is 28.0 Å². The van der Waals surface area contributed by atoms with Crippen LogP contribution in [0.25, 0.3) is 0 Å². The first kappa shape index (κ1) is 24.6. The average Bonchev–Trinajstić information content (AvgIpc) is 3.34. The molecule has 36 heavy (non-hydrogen) atoms. The largest absolute Gasteiger partial charge is 0.497 e. The van der Waals surface area contributed by atoms with Crippen LogP contribution in [0.3, 0.4) is 0 Å². The van der Waals surface area contributed by atoms with Crippen molar-refractivity contribution in [2.24, 2.45) is 0 Å². The Labute approximate surface area is 211 Å². The Balaban J connectivity index is 1.45. The molecular weight excluding hydrogens is 488 g/mol. The molecule has 0 saturated heterocycles. The first-order chi connectivity index (χ1) is 17.3. The number of ether oxygens (including phenoxy) is 3. The minimum absolute atomic E-state index is 0.0193. The number of furan rings is 1. The molecule has 9 nitrogen and oxygen atoms in total. The Morgan fingerprint density at radius 3 is 2.44 bits per heavy atom. The molecule has 1 heterocycles. The summed E-state index contributed by atoms with van der Waals surface area (Å²) in [5.74, 6) is 1.83. The molecule has 0 aliphatic heterocycles. The summed E-state index contributed by atoms with van der Waals surface area (Å²) in [6.07, 6.45) is 0. The molecule has 4 rings (SSSR count). The summed E-state index contributed by atoms with van der Waals surface area (Å²) in [5.41, 5.74) is 0.672. The SMILES string of the molecule is COc1ccc(OCc2ccc(C(=O)Nc3cc(Oc4ccc(Cl)cc4C)cc([N+](=O)[O-])c3)o2)cc1. The lowest BCUT2D eigenvalue weighted by Gasteiger charge is -2.11. The molecule has 0 aliphatic rings. The molecule has 1 amide bonds. The molecule has 0 saturated carbocycles. The molecule has 184 valence electrons. The van der Waals surface area contributed by atoms with Gasteiger partial charge < -0.3 is 23.9 Å². The van der Waals surface area contributed by atoms with Crippen LogP contribution >= 0.6 is 11.6 Å². The molecule has 0 atom stereocenters. The molecule has 0 unspecified atom stereocenters. The van der Waals surface area contributed by atoms with Gasteiger partial charge in [-0.15, -0.1) is 0 Å². The number of nitrogens with zero attached hydrogens (tertiary/aromatic N) is 1. The van der Waals surface area contributed by atoms with Gasteiger partial charge in [0.1, 0.15) is 35.4 Å². The van der Waals surface area contributed by atoms with Gasteiger partial charge in [0, 0.05) is 17.2 Å². The number of anilines is 1. The van der Waals surface area contributed by atoms with Gasteiger partial charge in [0.05, 0.1) is 23.8 Å². The number of non-ortho nitro benzene ring substituents is 1. The lowest BCUT2D eigenvalue weighted by atomic mass is 10.2. The van der Waals surface area contributed by atoms with Crippen LogP contribution in [-0.4, -0.2) is 17.9 Å². The van der Waals surface area contributed by atoms with E-state index in [1.54, 1.807) is 62.6 Å². The first-order valence-corrected chi connectivity index (χ1v) is 11.1. The number of nitrogens with one attached hydrogen (secondary N) is 1. The van der Waals surface area contributed by atoms with E-state index < -0.39 is 10.8 Å². The van der Waals surface area contributed by atoms with Gasteiger partial charge in [-0.2, -0.15) is 0 Å². The van der Waals surface area contributed by atoms with E-state index in [1.165, 1.54) is 24.3 Å². The van der Waals surface area contributed by atoms with Crippen LogP contribution in [0.15, 0.2) is 77.2 Å². The van der Waals surface area contributed by atoms with Gasteiger partial charge in [0.25, 0.3) is 11.6 Å². The summed E-state index contributed by atoms with van der Waals surface area (Å²) in [5, 5.41) is 14.6. The summed E-state index contributed by atoms with van der Waals surface area (Å²) in [7, 11) is 1.58. The van der Waals surface area contributed by atoms with E-state index in [4.69, 9.17) is 30.2 Å². The molecule has 0 fully saturated rings. The Kier molecular flexibility index (Phi) is 7.41. The number of aryl methyl sites for hydroxylation is 1. The van der Waals surface area contributed by atoms with E-state index >= 15 is 0 Å². The second-order valence-electron chi connectivity index (χ2n) is 7.67. The Morgan fingerprint density at radius 2 is 1.75 bits per heavy atom. The normalized spacial score (nSPS) is 10.5. The summed E-state index contributed by atoms with van der Waals surface area (Å²) in [6.45, 7) is 1.91. The van der Waals surface area contributed by atoms with Gasteiger partial charge in [-0.25, -0.2) is 0 Å². The minimum Gasteiger partial charge on any atom is -0.497 e. The topological polar surface area (TPSA) is 113 Å².